The Bertz CT molecular complexity index is 7690. The molecule has 0 fully saturated rings. The molecule has 0 bridgehead atoms. The Labute approximate surface area is 683 Å². The molecule has 10 heterocycles. The van der Waals surface area contributed by atoms with Gasteiger partial charge in [0.15, 0.2) is 23.3 Å². The van der Waals surface area contributed by atoms with Gasteiger partial charge in [0.25, 0.3) is 0 Å². The summed E-state index contributed by atoms with van der Waals surface area (Å²) in [6.45, 7) is 0. The summed E-state index contributed by atoms with van der Waals surface area (Å²) in [5.74, 6) is 2.63. The Balaban J connectivity index is 0.000000143. The summed E-state index contributed by atoms with van der Waals surface area (Å²) in [6.07, 6.45) is 9.24. The lowest BCUT2D eigenvalue weighted by atomic mass is 9.95. The number of benzene rings is 13. The van der Waals surface area contributed by atoms with Crippen LogP contribution in [-0.2, 0) is 0 Å². The fourth-order valence-electron chi connectivity index (χ4n) is 15.8. The Kier molecular flexibility index (Phi) is 17.2. The number of rotatable bonds is 12. The van der Waals surface area contributed by atoms with Crippen molar-refractivity contribution in [1.29, 1.82) is 0 Å². The Morgan fingerprint density at radius 3 is 1.14 bits per heavy atom. The van der Waals surface area contributed by atoms with Gasteiger partial charge in [0.1, 0.15) is 0 Å². The first-order chi connectivity index (χ1) is 57.9. The van der Waals surface area contributed by atoms with Crippen LogP contribution in [0.2, 0.25) is 0 Å². The average Bonchev–Trinajstić information content (AvgIpc) is 1.67. The van der Waals surface area contributed by atoms with E-state index in [4.69, 9.17) is 44.9 Å². The predicted octanol–water partition coefficient (Wildman–Crippen LogP) is 27.3. The minimum Gasteiger partial charge on any atom is -0.264 e. The van der Waals surface area contributed by atoms with Gasteiger partial charge in [-0.2, -0.15) is 0 Å². The van der Waals surface area contributed by atoms with Crippen molar-refractivity contribution in [2.45, 2.75) is 0 Å². The van der Waals surface area contributed by atoms with Crippen LogP contribution in [0.5, 0.6) is 0 Å². The van der Waals surface area contributed by atoms with E-state index in [2.05, 4.69) is 295 Å². The molecule has 14 heteroatoms. The van der Waals surface area contributed by atoms with E-state index >= 15 is 0 Å². The molecule has 0 saturated carbocycles. The van der Waals surface area contributed by atoms with Gasteiger partial charge in [0.2, 0.25) is 0 Å². The van der Waals surface area contributed by atoms with Gasteiger partial charge < -0.3 is 0 Å². The molecule has 0 aliphatic rings. The van der Waals surface area contributed by atoms with Crippen LogP contribution in [0.1, 0.15) is 0 Å². The van der Waals surface area contributed by atoms with Crippen molar-refractivity contribution in [3.05, 3.63) is 371 Å². The van der Waals surface area contributed by atoms with Gasteiger partial charge in [-0.1, -0.05) is 279 Å². The van der Waals surface area contributed by atoms with Gasteiger partial charge >= 0.3 is 0 Å². The quantitative estimate of drug-likeness (QED) is 0.108. The first-order valence-corrected chi connectivity index (χ1v) is 41.0. The fraction of sp³-hybridized carbons (Fsp3) is 0. The Morgan fingerprint density at radius 2 is 0.598 bits per heavy atom. The van der Waals surface area contributed by atoms with Crippen LogP contribution in [0.3, 0.4) is 0 Å². The van der Waals surface area contributed by atoms with Crippen molar-refractivity contribution in [1.82, 2.24) is 54.8 Å². The van der Waals surface area contributed by atoms with Crippen molar-refractivity contribution in [3.63, 3.8) is 0 Å². The SMILES string of the molecule is c1ccc(-c2cc(-c3cnc4ccccc4c3)nc(-c3ccc(-c4nc(-c5cccc6c5sc5ccccc56)c5sc6ccccc6c5n4)cc3)n2)cc1.c1cncc(-c2ccc(-c3cc(-c4ccc(-c5cccnc5)cc4)nc(-c4ccc(-c5nc(-c6cc7ccccc7c7ccccc67)c6sc7ccccc7c6n5)cc4)n3)cc2)c1. The van der Waals surface area contributed by atoms with Crippen LogP contribution < -0.4 is 0 Å². The lowest BCUT2D eigenvalue weighted by Crippen LogP contribution is -1.97. The standard InChI is InChI=1S/C56H34N6S.C47H27N5S2/c1-2-12-44-41(9-1)31-48(46-14-4-3-13-45(44)46)53-54-52(47-15-5-6-16-51(47)63-54)61-56(62-53)40-27-25-39(26-28-40)55-59-49(37-21-17-35(18-22-37)42-10-7-29-57-33-42)32-50(60-55)38-23-19-36(20-24-38)43-11-8-30-58-34-43;1-2-11-28(12-3-1)38-26-39(32-25-31-13-4-7-18-37(31)48-27-32)50-46(49-38)29-21-23-30(24-22-29)47-51-42-35-15-6-9-20-41(35)54-45(42)43(52-47)36-17-10-16-34-33-14-5-8-19-40(33)53-44(34)36/h1-34H;1-27H. The minimum absolute atomic E-state index is 0.630. The molecule has 0 aliphatic heterocycles. The zero-order valence-electron chi connectivity index (χ0n) is 62.4. The summed E-state index contributed by atoms with van der Waals surface area (Å²) in [4.78, 5) is 55.2. The van der Waals surface area contributed by atoms with Crippen molar-refractivity contribution in [2.24, 2.45) is 0 Å². The van der Waals surface area contributed by atoms with E-state index in [1.54, 1.807) is 35.1 Å². The molecular weight excluding hydrogens is 1490 g/mol. The maximum atomic E-state index is 5.42. The molecule has 0 aliphatic carbocycles. The predicted molar refractivity (Wildman–Crippen MR) is 485 cm³/mol. The van der Waals surface area contributed by atoms with Crippen molar-refractivity contribution in [2.75, 3.05) is 0 Å². The number of para-hydroxylation sites is 1. The molecule has 0 saturated heterocycles. The monoisotopic (exact) mass is 1550 g/mol. The molecule has 23 aromatic rings. The van der Waals surface area contributed by atoms with Crippen molar-refractivity contribution in [3.8, 4) is 135 Å². The van der Waals surface area contributed by atoms with Gasteiger partial charge in [-0.3, -0.25) is 15.0 Å². The highest BCUT2D eigenvalue weighted by Crippen LogP contribution is 2.47. The molecular formula is C103H61N11S3. The molecule has 0 spiro atoms. The largest absolute Gasteiger partial charge is 0.264 e. The van der Waals surface area contributed by atoms with Crippen LogP contribution in [-0.4, -0.2) is 54.8 Å². The third kappa shape index (κ3) is 12.8. The number of aromatic nitrogens is 11. The Morgan fingerprint density at radius 1 is 0.205 bits per heavy atom. The molecule has 0 N–H and O–H groups in total. The van der Waals surface area contributed by atoms with Crippen LogP contribution in [0.25, 0.3) is 229 Å². The fourth-order valence-corrected chi connectivity index (χ4v) is 19.3. The van der Waals surface area contributed by atoms with Gasteiger partial charge in [-0.25, -0.2) is 39.9 Å². The summed E-state index contributed by atoms with van der Waals surface area (Å²) >= 11 is 5.34. The normalized spacial score (nSPS) is 11.6. The summed E-state index contributed by atoms with van der Waals surface area (Å²) in [6, 6.07) is 118. The van der Waals surface area contributed by atoms with Crippen molar-refractivity contribution >= 4 is 127 Å². The molecule has 23 rings (SSSR count). The summed E-state index contributed by atoms with van der Waals surface area (Å²) in [7, 11) is 0. The summed E-state index contributed by atoms with van der Waals surface area (Å²) in [5.41, 5.74) is 22.3. The van der Waals surface area contributed by atoms with E-state index in [9.17, 15) is 0 Å². The van der Waals surface area contributed by atoms with Crippen LogP contribution in [0.4, 0.5) is 0 Å². The van der Waals surface area contributed by atoms with E-state index in [1.807, 2.05) is 84.5 Å². The third-order valence-corrected chi connectivity index (χ3v) is 25.2. The van der Waals surface area contributed by atoms with Crippen LogP contribution >= 0.6 is 34.0 Å². The minimum atomic E-state index is 0.630. The second kappa shape index (κ2) is 29.2. The van der Waals surface area contributed by atoms with E-state index in [0.29, 0.717) is 23.3 Å². The van der Waals surface area contributed by atoms with Crippen LogP contribution in [0, 0.1) is 0 Å². The number of nitrogens with zero attached hydrogens (tertiary/aromatic N) is 11. The Hall–Kier alpha value is -14.9. The van der Waals surface area contributed by atoms with Gasteiger partial charge in [-0.05, 0) is 104 Å². The first kappa shape index (κ1) is 68.8. The maximum Gasteiger partial charge on any atom is 0.160 e. The molecule has 0 unspecified atom stereocenters. The van der Waals surface area contributed by atoms with Crippen LogP contribution in [0.15, 0.2) is 371 Å². The molecule has 546 valence electrons. The van der Waals surface area contributed by atoms with E-state index in [1.165, 1.54) is 51.1 Å². The molecule has 13 aromatic carbocycles. The molecule has 117 heavy (non-hydrogen) atoms. The highest BCUT2D eigenvalue weighted by molar-refractivity contribution is 7.27. The third-order valence-electron chi connectivity index (χ3n) is 21.7. The first-order valence-electron chi connectivity index (χ1n) is 38.6. The number of hydrogen-bond donors (Lipinski definition) is 0. The zero-order valence-corrected chi connectivity index (χ0v) is 64.8. The second-order valence-electron chi connectivity index (χ2n) is 28.8. The number of pyridine rings is 3. The molecule has 10 aromatic heterocycles. The topological polar surface area (TPSA) is 142 Å². The molecule has 0 amide bonds. The number of fused-ring (bicyclic) bond motifs is 13. The lowest BCUT2D eigenvalue weighted by Gasteiger charge is -2.13. The van der Waals surface area contributed by atoms with Crippen molar-refractivity contribution < 1.29 is 0 Å². The highest BCUT2D eigenvalue weighted by atomic mass is 32.1. The molecule has 0 radical (unpaired) electrons. The summed E-state index contributed by atoms with van der Waals surface area (Å²) in [5, 5.41) is 10.7. The number of thiophene rings is 3. The maximum absolute atomic E-state index is 5.42. The summed E-state index contributed by atoms with van der Waals surface area (Å²) < 4.78 is 7.08. The average molecular weight is 1550 g/mol. The second-order valence-corrected chi connectivity index (χ2v) is 32.0. The van der Waals surface area contributed by atoms with Gasteiger partial charge in [0.05, 0.1) is 60.1 Å². The number of hydrogen-bond acceptors (Lipinski definition) is 14. The molecule has 11 nitrogen and oxygen atoms in total. The zero-order chi connectivity index (χ0) is 77.3. The molecule has 0 atom stereocenters. The van der Waals surface area contributed by atoms with Gasteiger partial charge in [-0.15, -0.1) is 34.0 Å². The van der Waals surface area contributed by atoms with E-state index < -0.39 is 0 Å². The van der Waals surface area contributed by atoms with E-state index in [0.717, 1.165) is 154 Å². The lowest BCUT2D eigenvalue weighted by molar-refractivity contribution is 1.18. The van der Waals surface area contributed by atoms with Gasteiger partial charge in [0, 0.05) is 132 Å². The van der Waals surface area contributed by atoms with E-state index in [-0.39, 0.29) is 0 Å². The smallest absolute Gasteiger partial charge is 0.160 e. The highest BCUT2D eigenvalue weighted by Gasteiger charge is 2.24.